The number of carbonyl (C=O) groups is 3. The summed E-state index contributed by atoms with van der Waals surface area (Å²) >= 11 is 0. The summed E-state index contributed by atoms with van der Waals surface area (Å²) in [5.74, 6) is -1.18. The fourth-order valence-electron chi connectivity index (χ4n) is 3.46. The van der Waals surface area contributed by atoms with Gasteiger partial charge in [-0.1, -0.05) is 0 Å². The minimum absolute atomic E-state index is 0.111. The molecular weight excluding hydrogens is 320 g/mol. The molecule has 0 unspecified atom stereocenters. The van der Waals surface area contributed by atoms with Crippen LogP contribution in [0.4, 0.5) is 11.4 Å². The number of nitrogens with one attached hydrogen (secondary N) is 3. The molecule has 0 atom stereocenters. The van der Waals surface area contributed by atoms with Gasteiger partial charge in [0, 0.05) is 25.2 Å². The van der Waals surface area contributed by atoms with Crippen molar-refractivity contribution in [1.82, 2.24) is 5.32 Å². The first kappa shape index (κ1) is 17.4. The number of benzene rings is 1. The zero-order chi connectivity index (χ0) is 18.0. The number of rotatable bonds is 5. The standard InChI is InChI=1S/C18H24N4O3/c1-21(2)7-4-6-19-17(24)18(25)20-14-9-12-5-3-8-22-15(23)11-13(10-14)16(12)22/h9-10H,3-8,11H2,1-2H3,(H,19,24)(H,20,25)/p+1. The summed E-state index contributed by atoms with van der Waals surface area (Å²) in [6.45, 7) is 2.18. The number of carbonyl (C=O) groups excluding carboxylic acids is 3. The molecule has 1 aromatic carbocycles. The summed E-state index contributed by atoms with van der Waals surface area (Å²) in [4.78, 5) is 39.2. The molecule has 25 heavy (non-hydrogen) atoms. The number of quaternary nitrogens is 1. The Balaban J connectivity index is 1.62. The molecule has 0 aliphatic carbocycles. The van der Waals surface area contributed by atoms with E-state index in [9.17, 15) is 14.4 Å². The van der Waals surface area contributed by atoms with E-state index in [1.54, 1.807) is 0 Å². The molecule has 2 aliphatic heterocycles. The lowest BCUT2D eigenvalue weighted by Crippen LogP contribution is -3.05. The Morgan fingerprint density at radius 3 is 2.72 bits per heavy atom. The molecule has 0 saturated carbocycles. The molecule has 7 heteroatoms. The van der Waals surface area contributed by atoms with Crippen LogP contribution in [0.3, 0.4) is 0 Å². The number of anilines is 2. The van der Waals surface area contributed by atoms with Crippen LogP contribution in [0.15, 0.2) is 12.1 Å². The van der Waals surface area contributed by atoms with E-state index in [0.717, 1.165) is 49.2 Å². The van der Waals surface area contributed by atoms with E-state index in [1.807, 2.05) is 31.1 Å². The van der Waals surface area contributed by atoms with E-state index < -0.39 is 11.8 Å². The Hall–Kier alpha value is -2.41. The molecule has 0 bridgehead atoms. The van der Waals surface area contributed by atoms with Crippen LogP contribution in [0.1, 0.15) is 24.0 Å². The maximum Gasteiger partial charge on any atom is 0.313 e. The zero-order valence-corrected chi connectivity index (χ0v) is 14.8. The van der Waals surface area contributed by atoms with Gasteiger partial charge in [0.15, 0.2) is 0 Å². The Kier molecular flexibility index (Phi) is 5.03. The largest absolute Gasteiger partial charge is 0.348 e. The van der Waals surface area contributed by atoms with Crippen molar-refractivity contribution >= 4 is 29.1 Å². The third-order valence-electron chi connectivity index (χ3n) is 4.61. The topological polar surface area (TPSA) is 83.0 Å². The number of nitrogens with zero attached hydrogens (tertiary/aromatic N) is 1. The van der Waals surface area contributed by atoms with Gasteiger partial charge in [-0.3, -0.25) is 14.4 Å². The quantitative estimate of drug-likeness (QED) is 0.478. The summed E-state index contributed by atoms with van der Waals surface area (Å²) in [5, 5.41) is 5.30. The summed E-state index contributed by atoms with van der Waals surface area (Å²) in [7, 11) is 4.08. The molecule has 1 aromatic rings. The van der Waals surface area contributed by atoms with Gasteiger partial charge < -0.3 is 20.4 Å². The van der Waals surface area contributed by atoms with Crippen LogP contribution < -0.4 is 20.4 Å². The molecule has 0 fully saturated rings. The monoisotopic (exact) mass is 345 g/mol. The summed E-state index contributed by atoms with van der Waals surface area (Å²) in [6.07, 6.45) is 2.99. The Morgan fingerprint density at radius 2 is 1.96 bits per heavy atom. The number of hydrogen-bond donors (Lipinski definition) is 3. The molecule has 3 amide bonds. The molecule has 2 aliphatic rings. The average Bonchev–Trinajstić information content (AvgIpc) is 2.88. The van der Waals surface area contributed by atoms with Gasteiger partial charge in [0.1, 0.15) is 0 Å². The molecular formula is C18H25N4O3+. The molecule has 3 rings (SSSR count). The average molecular weight is 345 g/mol. The van der Waals surface area contributed by atoms with Crippen LogP contribution in [0, 0.1) is 0 Å². The highest BCUT2D eigenvalue weighted by molar-refractivity contribution is 6.39. The van der Waals surface area contributed by atoms with Crippen LogP contribution in [-0.4, -0.2) is 51.5 Å². The van der Waals surface area contributed by atoms with Crippen molar-refractivity contribution in [3.05, 3.63) is 23.3 Å². The highest BCUT2D eigenvalue weighted by Crippen LogP contribution is 2.38. The highest BCUT2D eigenvalue weighted by atomic mass is 16.2. The van der Waals surface area contributed by atoms with Gasteiger partial charge in [0.2, 0.25) is 5.91 Å². The maximum atomic E-state index is 12.1. The van der Waals surface area contributed by atoms with Crippen molar-refractivity contribution in [3.63, 3.8) is 0 Å². The van der Waals surface area contributed by atoms with Gasteiger partial charge in [-0.15, -0.1) is 0 Å². The fourth-order valence-corrected chi connectivity index (χ4v) is 3.46. The predicted octanol–water partition coefficient (Wildman–Crippen LogP) is -0.889. The lowest BCUT2D eigenvalue weighted by atomic mass is 9.99. The van der Waals surface area contributed by atoms with Crippen molar-refractivity contribution in [1.29, 1.82) is 0 Å². The molecule has 3 N–H and O–H groups in total. The Morgan fingerprint density at radius 1 is 1.20 bits per heavy atom. The second-order valence-electron chi connectivity index (χ2n) is 6.99. The zero-order valence-electron chi connectivity index (χ0n) is 14.8. The van der Waals surface area contributed by atoms with E-state index in [1.165, 1.54) is 4.90 Å². The Labute approximate surface area is 147 Å². The highest BCUT2D eigenvalue weighted by Gasteiger charge is 2.32. The minimum atomic E-state index is -0.665. The first-order valence-electron chi connectivity index (χ1n) is 8.80. The smallest absolute Gasteiger partial charge is 0.313 e. The van der Waals surface area contributed by atoms with Crippen molar-refractivity contribution in [2.45, 2.75) is 25.7 Å². The second-order valence-corrected chi connectivity index (χ2v) is 6.99. The summed E-state index contributed by atoms with van der Waals surface area (Å²) in [5.41, 5.74) is 3.60. The van der Waals surface area contributed by atoms with E-state index in [0.29, 0.717) is 18.7 Å². The van der Waals surface area contributed by atoms with Crippen molar-refractivity contribution in [3.8, 4) is 0 Å². The van der Waals surface area contributed by atoms with E-state index in [2.05, 4.69) is 10.6 Å². The van der Waals surface area contributed by atoms with Crippen LogP contribution in [0.2, 0.25) is 0 Å². The van der Waals surface area contributed by atoms with Crippen LogP contribution in [0.25, 0.3) is 0 Å². The van der Waals surface area contributed by atoms with Crippen molar-refractivity contribution in [2.24, 2.45) is 0 Å². The minimum Gasteiger partial charge on any atom is -0.348 e. The first-order valence-corrected chi connectivity index (χ1v) is 8.80. The molecule has 0 spiro atoms. The van der Waals surface area contributed by atoms with Crippen LogP contribution in [-0.2, 0) is 27.2 Å². The van der Waals surface area contributed by atoms with E-state index in [4.69, 9.17) is 0 Å². The molecule has 0 radical (unpaired) electrons. The third kappa shape index (κ3) is 3.82. The van der Waals surface area contributed by atoms with Crippen molar-refractivity contribution in [2.75, 3.05) is 43.9 Å². The maximum absolute atomic E-state index is 12.1. The van der Waals surface area contributed by atoms with E-state index >= 15 is 0 Å². The van der Waals surface area contributed by atoms with Gasteiger partial charge in [0.25, 0.3) is 0 Å². The van der Waals surface area contributed by atoms with Crippen molar-refractivity contribution < 1.29 is 19.3 Å². The van der Waals surface area contributed by atoms with Crippen LogP contribution in [0.5, 0.6) is 0 Å². The number of hydrogen-bond acceptors (Lipinski definition) is 3. The molecule has 0 saturated heterocycles. The third-order valence-corrected chi connectivity index (χ3v) is 4.61. The first-order chi connectivity index (χ1) is 12.0. The second kappa shape index (κ2) is 7.23. The fraction of sp³-hybridized carbons (Fsp3) is 0.500. The number of aryl methyl sites for hydroxylation is 1. The molecule has 134 valence electrons. The van der Waals surface area contributed by atoms with E-state index in [-0.39, 0.29) is 5.91 Å². The number of amides is 3. The normalized spacial score (nSPS) is 15.3. The Bertz CT molecular complexity index is 715. The van der Waals surface area contributed by atoms with Gasteiger partial charge in [-0.25, -0.2) is 0 Å². The predicted molar refractivity (Wildman–Crippen MR) is 94.8 cm³/mol. The van der Waals surface area contributed by atoms with Gasteiger partial charge in [-0.2, -0.15) is 0 Å². The summed E-state index contributed by atoms with van der Waals surface area (Å²) < 4.78 is 0. The molecule has 0 aromatic heterocycles. The molecule has 7 nitrogen and oxygen atoms in total. The lowest BCUT2D eigenvalue weighted by molar-refractivity contribution is -0.858. The SMILES string of the molecule is C[NH+](C)CCCNC(=O)C(=O)Nc1cc2c3c(c1)CC(=O)N3CCC2. The van der Waals surface area contributed by atoms with Gasteiger partial charge in [0.05, 0.1) is 32.7 Å². The van der Waals surface area contributed by atoms with Gasteiger partial charge in [-0.05, 0) is 36.1 Å². The summed E-state index contributed by atoms with van der Waals surface area (Å²) in [6, 6.07) is 3.69. The molecule has 2 heterocycles. The lowest BCUT2D eigenvalue weighted by Gasteiger charge is -2.26. The van der Waals surface area contributed by atoms with Gasteiger partial charge >= 0.3 is 11.8 Å². The van der Waals surface area contributed by atoms with Crippen LogP contribution >= 0.6 is 0 Å².